The van der Waals surface area contributed by atoms with Gasteiger partial charge in [-0.2, -0.15) is 0 Å². The second-order valence-corrected chi connectivity index (χ2v) is 6.76. The lowest BCUT2D eigenvalue weighted by Gasteiger charge is -2.28. The summed E-state index contributed by atoms with van der Waals surface area (Å²) in [7, 11) is 0. The summed E-state index contributed by atoms with van der Waals surface area (Å²) in [6.07, 6.45) is 0.785. The molecule has 3 rings (SSSR count). The maximum absolute atomic E-state index is 12.5. The number of amides is 1. The molecule has 148 valence electrons. The van der Waals surface area contributed by atoms with E-state index in [1.165, 1.54) is 5.56 Å². The van der Waals surface area contributed by atoms with Crippen molar-refractivity contribution in [2.24, 2.45) is 0 Å². The third-order valence-corrected chi connectivity index (χ3v) is 4.93. The Bertz CT molecular complexity index is 916. The molecule has 1 N–H and O–H groups in total. The van der Waals surface area contributed by atoms with Gasteiger partial charge in [0.2, 0.25) is 0 Å². The Kier molecular flexibility index (Phi) is 5.82. The van der Waals surface area contributed by atoms with E-state index in [4.69, 9.17) is 9.47 Å². The molecule has 1 aromatic carbocycles. The molecule has 0 unspecified atom stereocenters. The second kappa shape index (κ2) is 8.29. The van der Waals surface area contributed by atoms with Crippen LogP contribution in [0, 0.1) is 13.8 Å². The van der Waals surface area contributed by atoms with Crippen LogP contribution in [-0.4, -0.2) is 47.5 Å². The van der Waals surface area contributed by atoms with Crippen LogP contribution in [-0.2, 0) is 27.2 Å². The van der Waals surface area contributed by atoms with Gasteiger partial charge in [0, 0.05) is 18.8 Å². The minimum Gasteiger partial charge on any atom is -0.462 e. The largest absolute Gasteiger partial charge is 0.462 e. The van der Waals surface area contributed by atoms with Gasteiger partial charge in [-0.25, -0.2) is 9.59 Å². The van der Waals surface area contributed by atoms with Crippen LogP contribution in [0.25, 0.3) is 0 Å². The number of hydrogen-bond donors (Lipinski definition) is 1. The van der Waals surface area contributed by atoms with Gasteiger partial charge in [-0.05, 0) is 43.9 Å². The van der Waals surface area contributed by atoms with Gasteiger partial charge in [0.05, 0.1) is 12.2 Å². The van der Waals surface area contributed by atoms with Gasteiger partial charge in [0.15, 0.2) is 6.61 Å². The third-order valence-electron chi connectivity index (χ3n) is 4.93. The molecule has 1 amide bonds. The SMILES string of the molecule is CCOC(=O)c1c(C)[nH]c(C(=O)OCC(=O)N2CCc3ccccc3C2)c1C. The van der Waals surface area contributed by atoms with E-state index in [2.05, 4.69) is 11.1 Å². The van der Waals surface area contributed by atoms with Gasteiger partial charge in [0.1, 0.15) is 5.69 Å². The molecule has 28 heavy (non-hydrogen) atoms. The van der Waals surface area contributed by atoms with Crippen molar-refractivity contribution in [2.45, 2.75) is 33.7 Å². The normalized spacial score (nSPS) is 13.0. The van der Waals surface area contributed by atoms with E-state index in [-0.39, 0.29) is 24.8 Å². The molecule has 2 aromatic rings. The van der Waals surface area contributed by atoms with Crippen LogP contribution < -0.4 is 0 Å². The Morgan fingerprint density at radius 3 is 2.50 bits per heavy atom. The zero-order chi connectivity index (χ0) is 20.3. The number of aromatic amines is 1. The number of esters is 2. The highest BCUT2D eigenvalue weighted by molar-refractivity contribution is 5.99. The highest BCUT2D eigenvalue weighted by atomic mass is 16.5. The Morgan fingerprint density at radius 1 is 1.07 bits per heavy atom. The summed E-state index contributed by atoms with van der Waals surface area (Å²) in [5, 5.41) is 0. The molecule has 0 saturated carbocycles. The van der Waals surface area contributed by atoms with Crippen molar-refractivity contribution in [2.75, 3.05) is 19.8 Å². The molecular formula is C21H24N2O5. The third kappa shape index (κ3) is 3.93. The quantitative estimate of drug-likeness (QED) is 0.801. The minimum absolute atomic E-state index is 0.164. The topological polar surface area (TPSA) is 88.7 Å². The van der Waals surface area contributed by atoms with E-state index in [1.807, 2.05) is 18.2 Å². The predicted molar refractivity (Wildman–Crippen MR) is 102 cm³/mol. The van der Waals surface area contributed by atoms with E-state index >= 15 is 0 Å². The number of nitrogens with zero attached hydrogens (tertiary/aromatic N) is 1. The average Bonchev–Trinajstić information content (AvgIpc) is 2.99. The van der Waals surface area contributed by atoms with E-state index in [1.54, 1.807) is 25.7 Å². The Balaban J connectivity index is 1.62. The highest BCUT2D eigenvalue weighted by Crippen LogP contribution is 2.21. The molecule has 1 aliphatic rings. The summed E-state index contributed by atoms with van der Waals surface area (Å²) < 4.78 is 10.2. The van der Waals surface area contributed by atoms with Crippen LogP contribution in [0.5, 0.6) is 0 Å². The van der Waals surface area contributed by atoms with Crippen LogP contribution >= 0.6 is 0 Å². The van der Waals surface area contributed by atoms with Crippen molar-refractivity contribution >= 4 is 17.8 Å². The summed E-state index contributed by atoms with van der Waals surface area (Å²) >= 11 is 0. The maximum Gasteiger partial charge on any atom is 0.355 e. The first-order chi connectivity index (χ1) is 13.4. The molecule has 0 fully saturated rings. The summed E-state index contributed by atoms with van der Waals surface area (Å²) in [5.41, 5.74) is 3.84. The number of aryl methyl sites for hydroxylation is 1. The first-order valence-electron chi connectivity index (χ1n) is 9.30. The number of benzene rings is 1. The van der Waals surface area contributed by atoms with E-state index < -0.39 is 11.9 Å². The molecule has 2 heterocycles. The number of ether oxygens (including phenoxy) is 2. The van der Waals surface area contributed by atoms with E-state index in [9.17, 15) is 14.4 Å². The fourth-order valence-corrected chi connectivity index (χ4v) is 3.46. The number of aromatic nitrogens is 1. The van der Waals surface area contributed by atoms with Crippen LogP contribution in [0.1, 0.15) is 50.2 Å². The fraction of sp³-hybridized carbons (Fsp3) is 0.381. The second-order valence-electron chi connectivity index (χ2n) is 6.76. The minimum atomic E-state index is -0.665. The van der Waals surface area contributed by atoms with Gasteiger partial charge in [-0.15, -0.1) is 0 Å². The highest BCUT2D eigenvalue weighted by Gasteiger charge is 2.25. The molecule has 0 atom stereocenters. The zero-order valence-corrected chi connectivity index (χ0v) is 16.3. The number of H-pyrrole nitrogens is 1. The summed E-state index contributed by atoms with van der Waals surface area (Å²) in [5.74, 6) is -1.40. The molecule has 0 saturated heterocycles. The molecule has 7 heteroatoms. The molecule has 0 spiro atoms. The first-order valence-corrected chi connectivity index (χ1v) is 9.30. The van der Waals surface area contributed by atoms with E-state index in [0.29, 0.717) is 29.9 Å². The van der Waals surface area contributed by atoms with Gasteiger partial charge in [-0.1, -0.05) is 24.3 Å². The summed E-state index contributed by atoms with van der Waals surface area (Å²) in [6.45, 7) is 6.07. The smallest absolute Gasteiger partial charge is 0.355 e. The Hall–Kier alpha value is -3.09. The summed E-state index contributed by atoms with van der Waals surface area (Å²) in [4.78, 5) is 41.5. The standard InChI is InChI=1S/C21H24N2O5/c1-4-27-20(25)18-13(2)19(22-14(18)3)21(26)28-12-17(24)23-10-9-15-7-5-6-8-16(15)11-23/h5-8,22H,4,9-12H2,1-3H3. The lowest BCUT2D eigenvalue weighted by molar-refractivity contribution is -0.135. The molecular weight excluding hydrogens is 360 g/mol. The monoisotopic (exact) mass is 384 g/mol. The average molecular weight is 384 g/mol. The van der Waals surface area contributed by atoms with Gasteiger partial charge < -0.3 is 19.4 Å². The molecule has 7 nitrogen and oxygen atoms in total. The molecule has 0 aliphatic carbocycles. The molecule has 0 radical (unpaired) electrons. The number of nitrogens with one attached hydrogen (secondary N) is 1. The molecule has 0 bridgehead atoms. The number of fused-ring (bicyclic) bond motifs is 1. The van der Waals surface area contributed by atoms with Crippen molar-refractivity contribution in [3.8, 4) is 0 Å². The van der Waals surface area contributed by atoms with Crippen LogP contribution in [0.3, 0.4) is 0 Å². The summed E-state index contributed by atoms with van der Waals surface area (Å²) in [6, 6.07) is 8.01. The predicted octanol–water partition coefficient (Wildman–Crippen LogP) is 2.55. The number of hydrogen-bond acceptors (Lipinski definition) is 5. The fourth-order valence-electron chi connectivity index (χ4n) is 3.46. The van der Waals surface area contributed by atoms with Crippen molar-refractivity contribution in [1.29, 1.82) is 0 Å². The van der Waals surface area contributed by atoms with Gasteiger partial charge in [0.25, 0.3) is 5.91 Å². The van der Waals surface area contributed by atoms with Crippen molar-refractivity contribution in [1.82, 2.24) is 9.88 Å². The van der Waals surface area contributed by atoms with Crippen molar-refractivity contribution in [3.63, 3.8) is 0 Å². The maximum atomic E-state index is 12.5. The van der Waals surface area contributed by atoms with Crippen LogP contribution in [0.2, 0.25) is 0 Å². The lowest BCUT2D eigenvalue weighted by atomic mass is 10.00. The molecule has 1 aliphatic heterocycles. The Labute approximate surface area is 163 Å². The number of rotatable bonds is 5. The first kappa shape index (κ1) is 19.7. The van der Waals surface area contributed by atoms with E-state index in [0.717, 1.165) is 12.0 Å². The number of carbonyl (C=O) groups excluding carboxylic acids is 3. The Morgan fingerprint density at radius 2 is 1.79 bits per heavy atom. The van der Waals surface area contributed by atoms with Crippen molar-refractivity contribution in [3.05, 3.63) is 57.9 Å². The molecule has 1 aromatic heterocycles. The van der Waals surface area contributed by atoms with Crippen LogP contribution in [0.15, 0.2) is 24.3 Å². The van der Waals surface area contributed by atoms with Crippen molar-refractivity contribution < 1.29 is 23.9 Å². The van der Waals surface area contributed by atoms with Crippen LogP contribution in [0.4, 0.5) is 0 Å². The number of carbonyl (C=O) groups is 3. The van der Waals surface area contributed by atoms with Gasteiger partial charge in [-0.3, -0.25) is 4.79 Å². The van der Waals surface area contributed by atoms with Gasteiger partial charge >= 0.3 is 11.9 Å². The zero-order valence-electron chi connectivity index (χ0n) is 16.3. The lowest BCUT2D eigenvalue weighted by Crippen LogP contribution is -2.38.